The van der Waals surface area contributed by atoms with Crippen molar-refractivity contribution in [3.05, 3.63) is 16.6 Å². The quantitative estimate of drug-likeness (QED) is 0.899. The van der Waals surface area contributed by atoms with Crippen molar-refractivity contribution < 1.29 is 4.79 Å². The lowest BCUT2D eigenvalue weighted by molar-refractivity contribution is 0.123. The summed E-state index contributed by atoms with van der Waals surface area (Å²) in [6, 6.07) is 0.235. The summed E-state index contributed by atoms with van der Waals surface area (Å²) in [5, 5.41) is 8.07. The zero-order valence-corrected chi connectivity index (χ0v) is 13.2. The van der Waals surface area contributed by atoms with Crippen LogP contribution in [0.15, 0.2) is 10.9 Å². The van der Waals surface area contributed by atoms with Gasteiger partial charge in [-0.05, 0) is 36.0 Å². The van der Waals surface area contributed by atoms with Crippen LogP contribution >= 0.6 is 11.3 Å². The molecule has 0 aliphatic heterocycles. The summed E-state index contributed by atoms with van der Waals surface area (Å²) in [6.45, 7) is 7.57. The number of carbonyl (C=O) groups is 1. The third-order valence-corrected chi connectivity index (χ3v) is 6.65. The van der Waals surface area contributed by atoms with Crippen molar-refractivity contribution >= 4 is 17.4 Å². The van der Waals surface area contributed by atoms with Gasteiger partial charge in [-0.15, -0.1) is 11.3 Å². The molecule has 0 aromatic carbocycles. The van der Waals surface area contributed by atoms with Crippen LogP contribution in [0.25, 0.3) is 0 Å². The molecule has 0 spiro atoms. The summed E-state index contributed by atoms with van der Waals surface area (Å²) in [4.78, 5) is 16.2. The Kier molecular flexibility index (Phi) is 3.27. The average molecular weight is 293 g/mol. The number of hydrogen-bond donors (Lipinski definition) is 2. The second-order valence-corrected chi connectivity index (χ2v) is 7.69. The van der Waals surface area contributed by atoms with E-state index in [1.807, 2.05) is 5.38 Å². The van der Waals surface area contributed by atoms with Crippen LogP contribution in [0.2, 0.25) is 0 Å². The highest BCUT2D eigenvalue weighted by Crippen LogP contribution is 2.65. The SMILES string of the molecule is CC1(C)[C@@H]2CC[C@@]1(C)[C@H](NC(=O)NCc1cscn1)C2. The fourth-order valence-corrected chi connectivity index (χ4v) is 4.69. The molecule has 1 aromatic rings. The maximum Gasteiger partial charge on any atom is 0.315 e. The summed E-state index contributed by atoms with van der Waals surface area (Å²) >= 11 is 1.55. The highest BCUT2D eigenvalue weighted by Gasteiger charge is 2.61. The molecule has 3 rings (SSSR count). The maximum atomic E-state index is 12.1. The summed E-state index contributed by atoms with van der Waals surface area (Å²) in [7, 11) is 0. The first kappa shape index (κ1) is 13.9. The Bertz CT molecular complexity index is 499. The van der Waals surface area contributed by atoms with Crippen molar-refractivity contribution in [3.8, 4) is 0 Å². The first-order valence-electron chi connectivity index (χ1n) is 7.35. The summed E-state index contributed by atoms with van der Waals surface area (Å²) in [5.41, 5.74) is 3.27. The lowest BCUT2D eigenvalue weighted by Gasteiger charge is -2.39. The van der Waals surface area contributed by atoms with E-state index in [0.29, 0.717) is 18.0 Å². The van der Waals surface area contributed by atoms with E-state index in [1.54, 1.807) is 16.8 Å². The van der Waals surface area contributed by atoms with E-state index in [-0.39, 0.29) is 11.4 Å². The molecule has 2 saturated carbocycles. The molecule has 3 atom stereocenters. The number of rotatable bonds is 3. The molecule has 5 heteroatoms. The van der Waals surface area contributed by atoms with Gasteiger partial charge >= 0.3 is 6.03 Å². The first-order valence-corrected chi connectivity index (χ1v) is 8.29. The number of hydrogen-bond acceptors (Lipinski definition) is 3. The molecule has 2 aliphatic rings. The normalized spacial score (nSPS) is 34.1. The van der Waals surface area contributed by atoms with Gasteiger partial charge in [-0.3, -0.25) is 0 Å². The summed E-state index contributed by atoms with van der Waals surface area (Å²) < 4.78 is 0. The van der Waals surface area contributed by atoms with Crippen LogP contribution in [0, 0.1) is 16.7 Å². The molecule has 110 valence electrons. The van der Waals surface area contributed by atoms with Gasteiger partial charge < -0.3 is 10.6 Å². The van der Waals surface area contributed by atoms with Gasteiger partial charge in [0.1, 0.15) is 0 Å². The minimum Gasteiger partial charge on any atom is -0.335 e. The van der Waals surface area contributed by atoms with Gasteiger partial charge in [0.2, 0.25) is 0 Å². The van der Waals surface area contributed by atoms with Crippen LogP contribution in [0.5, 0.6) is 0 Å². The highest BCUT2D eigenvalue weighted by atomic mass is 32.1. The molecular weight excluding hydrogens is 270 g/mol. The largest absolute Gasteiger partial charge is 0.335 e. The van der Waals surface area contributed by atoms with Gasteiger partial charge in [-0.25, -0.2) is 9.78 Å². The van der Waals surface area contributed by atoms with Crippen LogP contribution in [0.1, 0.15) is 45.7 Å². The van der Waals surface area contributed by atoms with Gasteiger partial charge in [0.25, 0.3) is 0 Å². The van der Waals surface area contributed by atoms with E-state index in [4.69, 9.17) is 0 Å². The van der Waals surface area contributed by atoms with Crippen LogP contribution in [0.4, 0.5) is 4.79 Å². The average Bonchev–Trinajstić information content (AvgIpc) is 3.02. The third-order valence-electron chi connectivity index (χ3n) is 6.01. The molecule has 1 heterocycles. The minimum atomic E-state index is -0.0624. The minimum absolute atomic E-state index is 0.0624. The number of carbonyl (C=O) groups excluding carboxylic acids is 1. The van der Waals surface area contributed by atoms with Gasteiger partial charge in [0, 0.05) is 11.4 Å². The number of fused-ring (bicyclic) bond motifs is 2. The molecular formula is C15H23N3OS. The molecule has 20 heavy (non-hydrogen) atoms. The molecule has 2 bridgehead atoms. The van der Waals surface area contributed by atoms with Crippen LogP contribution in [0.3, 0.4) is 0 Å². The Balaban J connectivity index is 1.58. The standard InChI is InChI=1S/C15H23N3OS/c1-14(2)10-4-5-15(14,3)12(6-10)18-13(19)16-7-11-8-20-9-17-11/h8-10,12H,4-7H2,1-3H3,(H2,16,18,19)/t10-,12-,15+/m1/s1. The van der Waals surface area contributed by atoms with E-state index >= 15 is 0 Å². The number of amides is 2. The smallest absolute Gasteiger partial charge is 0.315 e. The molecule has 0 radical (unpaired) electrons. The van der Waals surface area contributed by atoms with Gasteiger partial charge in [0.05, 0.1) is 17.7 Å². The number of aromatic nitrogens is 1. The predicted molar refractivity (Wildman–Crippen MR) is 80.5 cm³/mol. The molecule has 4 nitrogen and oxygen atoms in total. The van der Waals surface area contributed by atoms with E-state index in [9.17, 15) is 4.79 Å². The van der Waals surface area contributed by atoms with Crippen molar-refractivity contribution in [2.24, 2.45) is 16.7 Å². The van der Waals surface area contributed by atoms with Crippen LogP contribution in [-0.4, -0.2) is 17.1 Å². The van der Waals surface area contributed by atoms with Crippen molar-refractivity contribution in [2.75, 3.05) is 0 Å². The van der Waals surface area contributed by atoms with Crippen LogP contribution in [-0.2, 0) is 6.54 Å². The van der Waals surface area contributed by atoms with Gasteiger partial charge in [0.15, 0.2) is 0 Å². The zero-order chi connectivity index (χ0) is 14.4. The monoisotopic (exact) mass is 293 g/mol. The zero-order valence-electron chi connectivity index (χ0n) is 12.4. The number of urea groups is 1. The fraction of sp³-hybridized carbons (Fsp3) is 0.733. The van der Waals surface area contributed by atoms with Gasteiger partial charge in [-0.2, -0.15) is 0 Å². The van der Waals surface area contributed by atoms with E-state index in [2.05, 4.69) is 36.4 Å². The topological polar surface area (TPSA) is 54.0 Å². The van der Waals surface area contributed by atoms with E-state index < -0.39 is 0 Å². The molecule has 0 unspecified atom stereocenters. The maximum absolute atomic E-state index is 12.1. The first-order chi connectivity index (χ1) is 9.43. The third kappa shape index (κ3) is 2.03. The number of nitrogens with zero attached hydrogens (tertiary/aromatic N) is 1. The molecule has 2 fully saturated rings. The highest BCUT2D eigenvalue weighted by molar-refractivity contribution is 7.07. The van der Waals surface area contributed by atoms with E-state index in [1.165, 1.54) is 12.8 Å². The molecule has 2 aliphatic carbocycles. The number of nitrogens with one attached hydrogen (secondary N) is 2. The summed E-state index contributed by atoms with van der Waals surface area (Å²) in [6.07, 6.45) is 3.65. The predicted octanol–water partition coefficient (Wildman–Crippen LogP) is 3.16. The molecule has 0 saturated heterocycles. The number of thiazole rings is 1. The Morgan fingerprint density at radius 2 is 2.30 bits per heavy atom. The second-order valence-electron chi connectivity index (χ2n) is 6.97. The Hall–Kier alpha value is -1.10. The van der Waals surface area contributed by atoms with E-state index in [0.717, 1.165) is 18.0 Å². The lowest BCUT2D eigenvalue weighted by atomic mass is 9.69. The molecule has 2 N–H and O–H groups in total. The molecule has 2 amide bonds. The van der Waals surface area contributed by atoms with Crippen molar-refractivity contribution in [1.82, 2.24) is 15.6 Å². The van der Waals surface area contributed by atoms with Crippen molar-refractivity contribution in [1.29, 1.82) is 0 Å². The second kappa shape index (κ2) is 4.72. The van der Waals surface area contributed by atoms with Crippen molar-refractivity contribution in [3.63, 3.8) is 0 Å². The lowest BCUT2D eigenvalue weighted by Crippen LogP contribution is -2.50. The molecule has 1 aromatic heterocycles. The Morgan fingerprint density at radius 3 is 2.85 bits per heavy atom. The van der Waals surface area contributed by atoms with Crippen molar-refractivity contribution in [2.45, 2.75) is 52.6 Å². The van der Waals surface area contributed by atoms with Gasteiger partial charge in [-0.1, -0.05) is 20.8 Å². The fourth-order valence-electron chi connectivity index (χ4n) is 4.13. The summed E-state index contributed by atoms with van der Waals surface area (Å²) in [5.74, 6) is 0.747. The van der Waals surface area contributed by atoms with Crippen LogP contribution < -0.4 is 10.6 Å². The Labute approximate surface area is 124 Å². The Morgan fingerprint density at radius 1 is 1.50 bits per heavy atom.